The van der Waals surface area contributed by atoms with E-state index in [1.165, 1.54) is 22.3 Å². The number of ether oxygens (including phenoxy) is 1. The zero-order chi connectivity index (χ0) is 18.1. The molecule has 0 bridgehead atoms. The molecule has 8 nitrogen and oxygen atoms in total. The summed E-state index contributed by atoms with van der Waals surface area (Å²) in [5, 5.41) is 14.7. The molecule has 0 aliphatic rings. The maximum absolute atomic E-state index is 12.8. The number of benzene rings is 2. The van der Waals surface area contributed by atoms with E-state index < -0.39 is 0 Å². The average molecular weight is 387 g/mol. The first-order valence-corrected chi connectivity index (χ1v) is 8.62. The average Bonchev–Trinajstić information content (AvgIpc) is 3.30. The lowest BCUT2D eigenvalue weighted by Gasteiger charge is -2.08. The molecule has 0 spiro atoms. The Hall–Kier alpha value is -3.04. The summed E-state index contributed by atoms with van der Waals surface area (Å²) in [5.41, 5.74) is 1.62. The highest BCUT2D eigenvalue weighted by molar-refractivity contribution is 7.22. The number of carbonyl (C=O) groups excluding carboxylic acids is 1. The van der Waals surface area contributed by atoms with E-state index in [4.69, 9.17) is 16.3 Å². The highest BCUT2D eigenvalue weighted by atomic mass is 35.5. The van der Waals surface area contributed by atoms with Crippen molar-refractivity contribution in [2.75, 3.05) is 12.4 Å². The number of tetrazole rings is 1. The van der Waals surface area contributed by atoms with Crippen LogP contribution in [-0.4, -0.2) is 38.2 Å². The molecule has 0 aliphatic heterocycles. The van der Waals surface area contributed by atoms with Crippen LogP contribution < -0.4 is 10.1 Å². The zero-order valence-electron chi connectivity index (χ0n) is 13.4. The monoisotopic (exact) mass is 386 g/mol. The fraction of sp³-hybridized carbons (Fsp3) is 0.0625. The van der Waals surface area contributed by atoms with Crippen molar-refractivity contribution in [2.45, 2.75) is 0 Å². The van der Waals surface area contributed by atoms with Crippen molar-refractivity contribution < 1.29 is 9.53 Å². The molecule has 0 atom stereocenters. The molecular formula is C16H11ClN6O2S. The van der Waals surface area contributed by atoms with Gasteiger partial charge in [-0.1, -0.05) is 22.9 Å². The molecule has 0 radical (unpaired) electrons. The van der Waals surface area contributed by atoms with E-state index in [9.17, 15) is 4.79 Å². The van der Waals surface area contributed by atoms with Crippen molar-refractivity contribution in [1.29, 1.82) is 0 Å². The number of thiazole rings is 1. The SMILES string of the molecule is COc1ccc2nc(NC(=O)c3cc(Cl)ccc3-n3cnnn3)sc2c1. The van der Waals surface area contributed by atoms with Gasteiger partial charge in [0, 0.05) is 5.02 Å². The highest BCUT2D eigenvalue weighted by Gasteiger charge is 2.16. The van der Waals surface area contributed by atoms with Crippen LogP contribution in [0.1, 0.15) is 10.4 Å². The maximum Gasteiger partial charge on any atom is 0.259 e. The number of anilines is 1. The molecule has 1 N–H and O–H groups in total. The fourth-order valence-electron chi connectivity index (χ4n) is 2.41. The molecule has 10 heteroatoms. The van der Waals surface area contributed by atoms with Crippen LogP contribution in [0, 0.1) is 0 Å². The number of fused-ring (bicyclic) bond motifs is 1. The molecule has 2 aromatic heterocycles. The van der Waals surface area contributed by atoms with Crippen LogP contribution in [0.5, 0.6) is 5.75 Å². The third kappa shape index (κ3) is 3.09. The summed E-state index contributed by atoms with van der Waals surface area (Å²) in [4.78, 5) is 17.2. The molecule has 0 saturated carbocycles. The minimum Gasteiger partial charge on any atom is -0.497 e. The molecule has 0 aliphatic carbocycles. The van der Waals surface area contributed by atoms with Crippen molar-refractivity contribution >= 4 is 44.2 Å². The number of hydrogen-bond acceptors (Lipinski definition) is 7. The lowest BCUT2D eigenvalue weighted by molar-refractivity contribution is 0.102. The Bertz CT molecular complexity index is 1100. The van der Waals surface area contributed by atoms with Gasteiger partial charge in [-0.3, -0.25) is 10.1 Å². The molecule has 2 aromatic carbocycles. The predicted molar refractivity (Wildman–Crippen MR) is 98.3 cm³/mol. The number of amides is 1. The first-order valence-electron chi connectivity index (χ1n) is 7.43. The van der Waals surface area contributed by atoms with Crippen LogP contribution in [0.15, 0.2) is 42.7 Å². The van der Waals surface area contributed by atoms with E-state index in [0.29, 0.717) is 21.4 Å². The number of halogens is 1. The van der Waals surface area contributed by atoms with Crippen molar-refractivity contribution in [2.24, 2.45) is 0 Å². The van der Waals surface area contributed by atoms with E-state index in [0.717, 1.165) is 16.0 Å². The predicted octanol–water partition coefficient (Wildman–Crippen LogP) is 3.19. The van der Waals surface area contributed by atoms with Gasteiger partial charge in [0.25, 0.3) is 5.91 Å². The largest absolute Gasteiger partial charge is 0.497 e. The van der Waals surface area contributed by atoms with Gasteiger partial charge >= 0.3 is 0 Å². The summed E-state index contributed by atoms with van der Waals surface area (Å²) in [6.07, 6.45) is 1.41. The number of rotatable bonds is 4. The number of hydrogen-bond donors (Lipinski definition) is 1. The minimum atomic E-state index is -0.357. The van der Waals surface area contributed by atoms with Crippen molar-refractivity contribution in [3.63, 3.8) is 0 Å². The fourth-order valence-corrected chi connectivity index (χ4v) is 3.47. The van der Waals surface area contributed by atoms with Gasteiger partial charge in [-0.2, -0.15) is 4.68 Å². The van der Waals surface area contributed by atoms with Gasteiger partial charge in [0.2, 0.25) is 0 Å². The van der Waals surface area contributed by atoms with Gasteiger partial charge in [-0.05, 0) is 46.8 Å². The Morgan fingerprint density at radius 3 is 2.92 bits per heavy atom. The molecule has 130 valence electrons. The first-order chi connectivity index (χ1) is 12.6. The quantitative estimate of drug-likeness (QED) is 0.578. The molecule has 0 saturated heterocycles. The standard InChI is InChI=1S/C16H11ClN6O2S/c1-25-10-3-4-12-14(7-10)26-16(19-12)20-15(24)11-6-9(17)2-5-13(11)23-8-18-21-22-23/h2-8H,1H3,(H,19,20,24). The Kier molecular flexibility index (Phi) is 4.23. The third-order valence-electron chi connectivity index (χ3n) is 3.62. The van der Waals surface area contributed by atoms with E-state index in [1.807, 2.05) is 18.2 Å². The smallest absolute Gasteiger partial charge is 0.259 e. The van der Waals surface area contributed by atoms with Gasteiger partial charge < -0.3 is 4.74 Å². The van der Waals surface area contributed by atoms with Gasteiger partial charge in [-0.25, -0.2) is 4.98 Å². The zero-order valence-corrected chi connectivity index (χ0v) is 15.0. The molecule has 2 heterocycles. The summed E-state index contributed by atoms with van der Waals surface area (Å²) in [7, 11) is 1.60. The molecule has 0 fully saturated rings. The van der Waals surface area contributed by atoms with Crippen molar-refractivity contribution in [1.82, 2.24) is 25.2 Å². The third-order valence-corrected chi connectivity index (χ3v) is 4.78. The molecule has 1 amide bonds. The second kappa shape index (κ2) is 6.70. The number of carbonyl (C=O) groups is 1. The summed E-state index contributed by atoms with van der Waals surface area (Å²) in [5.74, 6) is 0.374. The van der Waals surface area contributed by atoms with Gasteiger partial charge in [-0.15, -0.1) is 5.10 Å². The second-order valence-corrected chi connectivity index (χ2v) is 6.69. The van der Waals surface area contributed by atoms with Crippen LogP contribution in [0.3, 0.4) is 0 Å². The van der Waals surface area contributed by atoms with Gasteiger partial charge in [0.15, 0.2) is 5.13 Å². The lowest BCUT2D eigenvalue weighted by atomic mass is 10.1. The number of methoxy groups -OCH3 is 1. The Morgan fingerprint density at radius 1 is 1.27 bits per heavy atom. The van der Waals surface area contributed by atoms with E-state index in [-0.39, 0.29) is 5.91 Å². The number of nitrogens with one attached hydrogen (secondary N) is 1. The first kappa shape index (κ1) is 16.4. The van der Waals surface area contributed by atoms with E-state index >= 15 is 0 Å². The molecule has 0 unspecified atom stereocenters. The molecule has 4 aromatic rings. The summed E-state index contributed by atoms with van der Waals surface area (Å²) >= 11 is 7.41. The normalized spacial score (nSPS) is 10.8. The lowest BCUT2D eigenvalue weighted by Crippen LogP contribution is -2.15. The number of aromatic nitrogens is 5. The summed E-state index contributed by atoms with van der Waals surface area (Å²) < 4.78 is 7.51. The number of nitrogens with zero attached hydrogens (tertiary/aromatic N) is 5. The summed E-state index contributed by atoms with van der Waals surface area (Å²) in [6, 6.07) is 10.4. The molecule has 26 heavy (non-hydrogen) atoms. The van der Waals surface area contributed by atoms with Gasteiger partial charge in [0.1, 0.15) is 12.1 Å². The van der Waals surface area contributed by atoms with Crippen molar-refractivity contribution in [3.05, 3.63) is 53.3 Å². The van der Waals surface area contributed by atoms with Crippen molar-refractivity contribution in [3.8, 4) is 11.4 Å². The molecule has 4 rings (SSSR count). The Balaban J connectivity index is 1.67. The Labute approximate surface area is 156 Å². The van der Waals surface area contributed by atoms with Gasteiger partial charge in [0.05, 0.1) is 28.6 Å². The van der Waals surface area contributed by atoms with Crippen LogP contribution in [-0.2, 0) is 0 Å². The van der Waals surface area contributed by atoms with Crippen LogP contribution in [0.2, 0.25) is 5.02 Å². The van der Waals surface area contributed by atoms with E-state index in [1.54, 1.807) is 25.3 Å². The molecular weight excluding hydrogens is 376 g/mol. The topological polar surface area (TPSA) is 94.8 Å². The van der Waals surface area contributed by atoms with Crippen LogP contribution >= 0.6 is 22.9 Å². The van der Waals surface area contributed by atoms with Crippen LogP contribution in [0.25, 0.3) is 15.9 Å². The second-order valence-electron chi connectivity index (χ2n) is 5.22. The maximum atomic E-state index is 12.8. The minimum absolute atomic E-state index is 0.335. The van der Waals surface area contributed by atoms with E-state index in [2.05, 4.69) is 25.8 Å². The summed E-state index contributed by atoms with van der Waals surface area (Å²) in [6.45, 7) is 0. The highest BCUT2D eigenvalue weighted by Crippen LogP contribution is 2.30. The Morgan fingerprint density at radius 2 is 2.15 bits per heavy atom. The van der Waals surface area contributed by atoms with Crippen LogP contribution in [0.4, 0.5) is 5.13 Å².